The smallest absolute Gasteiger partial charge is 0.162 e. The van der Waals surface area contributed by atoms with E-state index in [2.05, 4.69) is 18.7 Å². The van der Waals surface area contributed by atoms with Gasteiger partial charge in [0.15, 0.2) is 5.78 Å². The van der Waals surface area contributed by atoms with E-state index < -0.39 is 0 Å². The van der Waals surface area contributed by atoms with Crippen molar-refractivity contribution >= 4 is 5.78 Å². The number of hydrogen-bond donors (Lipinski definition) is 0. The Balaban J connectivity index is 2.48. The topological polar surface area (TPSA) is 38.8 Å². The number of carbonyl (C=O) groups is 1. The summed E-state index contributed by atoms with van der Waals surface area (Å²) in [7, 11) is 1.58. The number of nitrogens with zero attached hydrogens (tertiary/aromatic N) is 1. The second kappa shape index (κ2) is 6.78. The highest BCUT2D eigenvalue weighted by atomic mass is 16.7. The van der Waals surface area contributed by atoms with Gasteiger partial charge in [0.1, 0.15) is 6.79 Å². The van der Waals surface area contributed by atoms with Gasteiger partial charge in [-0.15, -0.1) is 0 Å². The molecule has 0 radical (unpaired) electrons. The second-order valence-electron chi connectivity index (χ2n) is 3.89. The third kappa shape index (κ3) is 3.70. The zero-order valence-electron chi connectivity index (χ0n) is 10.4. The summed E-state index contributed by atoms with van der Waals surface area (Å²) in [4.78, 5) is 13.9. The fourth-order valence-corrected chi connectivity index (χ4v) is 1.78. The van der Waals surface area contributed by atoms with Crippen LogP contribution in [0.1, 0.15) is 20.3 Å². The third-order valence-electron chi connectivity index (χ3n) is 2.82. The van der Waals surface area contributed by atoms with Crippen LogP contribution in [0.15, 0.2) is 11.6 Å². The monoisotopic (exact) mass is 227 g/mol. The minimum atomic E-state index is -0.0991. The average Bonchev–Trinajstić information content (AvgIpc) is 2.64. The first-order valence-corrected chi connectivity index (χ1v) is 5.78. The average molecular weight is 227 g/mol. The largest absolute Gasteiger partial charge is 0.359 e. The maximum absolute atomic E-state index is 11.7. The van der Waals surface area contributed by atoms with Gasteiger partial charge in [0.25, 0.3) is 0 Å². The van der Waals surface area contributed by atoms with E-state index in [0.29, 0.717) is 6.42 Å². The van der Waals surface area contributed by atoms with E-state index in [1.807, 2.05) is 6.08 Å². The van der Waals surface area contributed by atoms with E-state index in [-0.39, 0.29) is 18.7 Å². The Morgan fingerprint density at radius 3 is 2.69 bits per heavy atom. The molecule has 0 fully saturated rings. The molecule has 0 aliphatic heterocycles. The van der Waals surface area contributed by atoms with Crippen LogP contribution in [-0.2, 0) is 14.3 Å². The van der Waals surface area contributed by atoms with Gasteiger partial charge in [-0.3, -0.25) is 9.69 Å². The summed E-state index contributed by atoms with van der Waals surface area (Å²) in [5.74, 6) is 0.202. The molecule has 0 N–H and O–H groups in total. The summed E-state index contributed by atoms with van der Waals surface area (Å²) < 4.78 is 10.2. The maximum Gasteiger partial charge on any atom is 0.162 e. The van der Waals surface area contributed by atoms with Crippen molar-refractivity contribution in [2.24, 2.45) is 0 Å². The quantitative estimate of drug-likeness (QED) is 0.613. The summed E-state index contributed by atoms with van der Waals surface area (Å²) in [6, 6.07) is 0. The van der Waals surface area contributed by atoms with Crippen molar-refractivity contribution in [3.63, 3.8) is 0 Å². The molecule has 0 spiro atoms. The van der Waals surface area contributed by atoms with Gasteiger partial charge in [-0.25, -0.2) is 0 Å². The molecule has 4 nitrogen and oxygen atoms in total. The number of hydrogen-bond acceptors (Lipinski definition) is 4. The van der Waals surface area contributed by atoms with Crippen molar-refractivity contribution in [2.75, 3.05) is 33.5 Å². The highest BCUT2D eigenvalue weighted by Gasteiger charge is 2.25. The Morgan fingerprint density at radius 1 is 1.44 bits per heavy atom. The molecule has 0 aromatic carbocycles. The summed E-state index contributed by atoms with van der Waals surface area (Å²) in [6.45, 7) is 7.10. The van der Waals surface area contributed by atoms with Crippen LogP contribution >= 0.6 is 0 Å². The standard InChI is InChI=1S/C12H21NO3/c1-4-13(5-2)8-10-6-11(7-12(10)14)16-9-15-3/h6,11H,4-5,7-9H2,1-3H3. The van der Waals surface area contributed by atoms with E-state index in [1.54, 1.807) is 7.11 Å². The van der Waals surface area contributed by atoms with Gasteiger partial charge in [0.2, 0.25) is 0 Å². The Bertz CT molecular complexity index is 259. The first-order chi connectivity index (χ1) is 7.71. The van der Waals surface area contributed by atoms with Crippen molar-refractivity contribution in [3.05, 3.63) is 11.6 Å². The molecule has 0 saturated carbocycles. The van der Waals surface area contributed by atoms with E-state index in [4.69, 9.17) is 9.47 Å². The Labute approximate surface area is 97.2 Å². The van der Waals surface area contributed by atoms with Gasteiger partial charge in [0.05, 0.1) is 6.10 Å². The minimum Gasteiger partial charge on any atom is -0.359 e. The molecule has 1 unspecified atom stereocenters. The van der Waals surface area contributed by atoms with E-state index in [9.17, 15) is 4.79 Å². The summed E-state index contributed by atoms with van der Waals surface area (Å²) in [5.41, 5.74) is 0.879. The highest BCUT2D eigenvalue weighted by Crippen LogP contribution is 2.18. The molecule has 0 saturated heterocycles. The first-order valence-electron chi connectivity index (χ1n) is 5.78. The predicted octanol–water partition coefficient (Wildman–Crippen LogP) is 1.22. The van der Waals surface area contributed by atoms with Crippen molar-refractivity contribution in [1.29, 1.82) is 0 Å². The molecule has 92 valence electrons. The number of rotatable bonds is 7. The van der Waals surface area contributed by atoms with E-state index >= 15 is 0 Å². The number of carbonyl (C=O) groups excluding carboxylic acids is 1. The normalized spacial score (nSPS) is 20.6. The van der Waals surface area contributed by atoms with E-state index in [0.717, 1.165) is 25.2 Å². The maximum atomic E-state index is 11.7. The van der Waals surface area contributed by atoms with Gasteiger partial charge < -0.3 is 9.47 Å². The van der Waals surface area contributed by atoms with Crippen LogP contribution in [0.4, 0.5) is 0 Å². The van der Waals surface area contributed by atoms with Crippen LogP contribution in [0.3, 0.4) is 0 Å². The van der Waals surface area contributed by atoms with Crippen molar-refractivity contribution in [3.8, 4) is 0 Å². The third-order valence-corrected chi connectivity index (χ3v) is 2.82. The number of methoxy groups -OCH3 is 1. The highest BCUT2D eigenvalue weighted by molar-refractivity contribution is 5.98. The minimum absolute atomic E-state index is 0.0991. The lowest BCUT2D eigenvalue weighted by Crippen LogP contribution is -2.26. The summed E-state index contributed by atoms with van der Waals surface area (Å²) in [5, 5.41) is 0. The zero-order valence-corrected chi connectivity index (χ0v) is 10.4. The molecular weight excluding hydrogens is 206 g/mol. The SMILES string of the molecule is CCN(CC)CC1=CC(OCOC)CC1=O. The van der Waals surface area contributed by atoms with E-state index in [1.165, 1.54) is 0 Å². The second-order valence-corrected chi connectivity index (χ2v) is 3.89. The number of Topliss-reactive ketones (excluding diaryl/α,β-unsaturated/α-hetero) is 1. The molecular formula is C12H21NO3. The molecule has 0 bridgehead atoms. The van der Waals surface area contributed by atoms with Gasteiger partial charge in [-0.05, 0) is 19.2 Å². The lowest BCUT2D eigenvalue weighted by Gasteiger charge is -2.17. The Morgan fingerprint density at radius 2 is 2.12 bits per heavy atom. The van der Waals surface area contributed by atoms with Gasteiger partial charge in [-0.1, -0.05) is 13.8 Å². The molecule has 0 aromatic rings. The van der Waals surface area contributed by atoms with Gasteiger partial charge in [-0.2, -0.15) is 0 Å². The fourth-order valence-electron chi connectivity index (χ4n) is 1.78. The molecule has 1 aliphatic rings. The fraction of sp³-hybridized carbons (Fsp3) is 0.750. The predicted molar refractivity (Wildman–Crippen MR) is 62.2 cm³/mol. The molecule has 1 atom stereocenters. The molecule has 1 aliphatic carbocycles. The van der Waals surface area contributed by atoms with Crippen molar-refractivity contribution < 1.29 is 14.3 Å². The molecule has 4 heteroatoms. The zero-order chi connectivity index (χ0) is 12.0. The Hall–Kier alpha value is -0.710. The van der Waals surface area contributed by atoms with Gasteiger partial charge >= 0.3 is 0 Å². The molecule has 0 aromatic heterocycles. The number of ether oxygens (including phenoxy) is 2. The van der Waals surface area contributed by atoms with Crippen LogP contribution in [0.5, 0.6) is 0 Å². The van der Waals surface area contributed by atoms with Crippen LogP contribution in [0.25, 0.3) is 0 Å². The first kappa shape index (κ1) is 13.4. The summed E-state index contributed by atoms with van der Waals surface area (Å²) >= 11 is 0. The van der Waals surface area contributed by atoms with Crippen LogP contribution in [-0.4, -0.2) is 50.3 Å². The van der Waals surface area contributed by atoms with Crippen LogP contribution in [0, 0.1) is 0 Å². The number of likely N-dealkylation sites (N-methyl/N-ethyl adjacent to an activating group) is 1. The molecule has 0 heterocycles. The molecule has 1 rings (SSSR count). The van der Waals surface area contributed by atoms with Gasteiger partial charge in [0, 0.05) is 25.6 Å². The molecule has 16 heavy (non-hydrogen) atoms. The van der Waals surface area contributed by atoms with Crippen molar-refractivity contribution in [1.82, 2.24) is 4.90 Å². The van der Waals surface area contributed by atoms with Crippen LogP contribution in [0.2, 0.25) is 0 Å². The lowest BCUT2D eigenvalue weighted by molar-refractivity contribution is -0.118. The number of ketones is 1. The Kier molecular flexibility index (Phi) is 5.66. The van der Waals surface area contributed by atoms with Crippen LogP contribution < -0.4 is 0 Å². The summed E-state index contributed by atoms with van der Waals surface area (Å²) in [6.07, 6.45) is 2.29. The molecule has 0 amide bonds. The van der Waals surface area contributed by atoms with Crippen molar-refractivity contribution in [2.45, 2.75) is 26.4 Å². The lowest BCUT2D eigenvalue weighted by atomic mass is 10.2.